The molecule has 0 N–H and O–H groups in total. The largest absolute Gasteiger partial charge is 0.198 e. The van der Waals surface area contributed by atoms with Crippen LogP contribution >= 0.6 is 0 Å². The minimum Gasteiger partial charge on any atom is -0.198 e. The van der Waals surface area contributed by atoms with Gasteiger partial charge in [-0.1, -0.05) is 23.8 Å². The van der Waals surface area contributed by atoms with Crippen molar-refractivity contribution in [3.63, 3.8) is 0 Å². The molecular formula is C13H17N. The molecule has 1 aromatic carbocycles. The van der Waals surface area contributed by atoms with E-state index >= 15 is 0 Å². The number of hydrogen-bond donors (Lipinski definition) is 0. The van der Waals surface area contributed by atoms with E-state index in [0.29, 0.717) is 0 Å². The molecule has 0 bridgehead atoms. The second kappa shape index (κ2) is 3.84. The van der Waals surface area contributed by atoms with Crippen molar-refractivity contribution >= 4 is 0 Å². The summed E-state index contributed by atoms with van der Waals surface area (Å²) in [5.41, 5.74) is 3.56. The molecule has 0 unspecified atom stereocenters. The number of rotatable bonds is 2. The Balaban J connectivity index is 2.98. The maximum absolute atomic E-state index is 8.97. The van der Waals surface area contributed by atoms with Crippen LogP contribution in [0.5, 0.6) is 0 Å². The number of aryl methyl sites for hydroxylation is 2. The maximum Gasteiger partial charge on any atom is 0.0687 e. The van der Waals surface area contributed by atoms with E-state index in [-0.39, 0.29) is 5.41 Å². The summed E-state index contributed by atoms with van der Waals surface area (Å²) in [6, 6.07) is 8.74. The molecule has 1 heteroatoms. The predicted octanol–water partition coefficient (Wildman–Crippen LogP) is 3.40. The molecule has 0 fully saturated rings. The lowest BCUT2D eigenvalue weighted by Gasteiger charge is -2.17. The van der Waals surface area contributed by atoms with Crippen LogP contribution in [-0.2, 0) is 6.42 Å². The maximum atomic E-state index is 8.97. The Bertz CT molecular complexity index is 369. The SMILES string of the molecule is Cc1ccc(C)c(CC(C)(C)C#N)c1. The molecule has 0 spiro atoms. The van der Waals surface area contributed by atoms with Crippen LogP contribution in [0.1, 0.15) is 30.5 Å². The van der Waals surface area contributed by atoms with Crippen LogP contribution in [0.15, 0.2) is 18.2 Å². The third-order valence-electron chi connectivity index (χ3n) is 2.44. The van der Waals surface area contributed by atoms with E-state index in [0.717, 1.165) is 6.42 Å². The van der Waals surface area contributed by atoms with Crippen molar-refractivity contribution in [3.8, 4) is 6.07 Å². The van der Waals surface area contributed by atoms with Crippen molar-refractivity contribution in [2.45, 2.75) is 34.1 Å². The highest BCUT2D eigenvalue weighted by atomic mass is 14.3. The average molecular weight is 187 g/mol. The molecule has 1 rings (SSSR count). The molecule has 0 atom stereocenters. The van der Waals surface area contributed by atoms with Gasteiger partial charge in [0.25, 0.3) is 0 Å². The van der Waals surface area contributed by atoms with Gasteiger partial charge in [0.1, 0.15) is 0 Å². The highest BCUT2D eigenvalue weighted by Crippen LogP contribution is 2.23. The molecule has 0 radical (unpaired) electrons. The van der Waals surface area contributed by atoms with Crippen molar-refractivity contribution in [3.05, 3.63) is 34.9 Å². The second-order valence-corrected chi connectivity index (χ2v) is 4.60. The number of hydrogen-bond acceptors (Lipinski definition) is 1. The summed E-state index contributed by atoms with van der Waals surface area (Å²) in [4.78, 5) is 0. The first kappa shape index (κ1) is 10.8. The first-order valence-corrected chi connectivity index (χ1v) is 4.92. The fraction of sp³-hybridized carbons (Fsp3) is 0.462. The highest BCUT2D eigenvalue weighted by Gasteiger charge is 2.18. The molecule has 0 aromatic heterocycles. The first-order valence-electron chi connectivity index (χ1n) is 4.92. The van der Waals surface area contributed by atoms with E-state index < -0.39 is 0 Å². The Labute approximate surface area is 86.4 Å². The lowest BCUT2D eigenvalue weighted by atomic mass is 9.85. The zero-order chi connectivity index (χ0) is 10.8. The zero-order valence-corrected chi connectivity index (χ0v) is 9.39. The monoisotopic (exact) mass is 187 g/mol. The van der Waals surface area contributed by atoms with E-state index in [9.17, 15) is 0 Å². The van der Waals surface area contributed by atoms with E-state index in [1.54, 1.807) is 0 Å². The topological polar surface area (TPSA) is 23.8 Å². The molecule has 0 aliphatic heterocycles. The van der Waals surface area contributed by atoms with Crippen molar-refractivity contribution in [2.75, 3.05) is 0 Å². The Kier molecular flexibility index (Phi) is 2.96. The Morgan fingerprint density at radius 3 is 2.50 bits per heavy atom. The predicted molar refractivity (Wildman–Crippen MR) is 59.0 cm³/mol. The smallest absolute Gasteiger partial charge is 0.0687 e. The van der Waals surface area contributed by atoms with E-state index in [1.807, 2.05) is 13.8 Å². The molecule has 0 aliphatic rings. The summed E-state index contributed by atoms with van der Waals surface area (Å²) >= 11 is 0. The normalized spacial score (nSPS) is 11.1. The Hall–Kier alpha value is -1.29. The van der Waals surface area contributed by atoms with Gasteiger partial charge in [-0.3, -0.25) is 0 Å². The quantitative estimate of drug-likeness (QED) is 0.696. The molecule has 0 heterocycles. The van der Waals surface area contributed by atoms with Crippen LogP contribution in [0, 0.1) is 30.6 Å². The van der Waals surface area contributed by atoms with Crippen molar-refractivity contribution in [1.29, 1.82) is 5.26 Å². The van der Waals surface area contributed by atoms with Gasteiger partial charge in [0, 0.05) is 0 Å². The molecule has 1 aromatic rings. The van der Waals surface area contributed by atoms with Crippen molar-refractivity contribution in [1.82, 2.24) is 0 Å². The fourth-order valence-corrected chi connectivity index (χ4v) is 1.51. The summed E-state index contributed by atoms with van der Waals surface area (Å²) in [5, 5.41) is 8.97. The van der Waals surface area contributed by atoms with Gasteiger partial charge in [0.2, 0.25) is 0 Å². The van der Waals surface area contributed by atoms with Gasteiger partial charge < -0.3 is 0 Å². The first-order chi connectivity index (χ1) is 6.44. The summed E-state index contributed by atoms with van der Waals surface area (Å²) in [7, 11) is 0. The Morgan fingerprint density at radius 1 is 1.29 bits per heavy atom. The van der Waals surface area contributed by atoms with Gasteiger partial charge in [-0.25, -0.2) is 0 Å². The molecule has 0 aliphatic carbocycles. The van der Waals surface area contributed by atoms with Crippen LogP contribution < -0.4 is 0 Å². The van der Waals surface area contributed by atoms with Crippen molar-refractivity contribution < 1.29 is 0 Å². The molecule has 74 valence electrons. The van der Waals surface area contributed by atoms with E-state index in [1.165, 1.54) is 16.7 Å². The van der Waals surface area contributed by atoms with Gasteiger partial charge in [0.15, 0.2) is 0 Å². The highest BCUT2D eigenvalue weighted by molar-refractivity contribution is 5.31. The number of nitrogens with zero attached hydrogens (tertiary/aromatic N) is 1. The summed E-state index contributed by atoms with van der Waals surface area (Å²) in [6.45, 7) is 8.15. The van der Waals surface area contributed by atoms with E-state index in [4.69, 9.17) is 5.26 Å². The molecule has 1 nitrogen and oxygen atoms in total. The third kappa shape index (κ3) is 2.60. The minimum absolute atomic E-state index is 0.265. The van der Waals surface area contributed by atoms with Gasteiger partial charge >= 0.3 is 0 Å². The van der Waals surface area contributed by atoms with Crippen LogP contribution in [0.2, 0.25) is 0 Å². The lowest BCUT2D eigenvalue weighted by molar-refractivity contribution is 0.492. The zero-order valence-electron chi connectivity index (χ0n) is 9.39. The average Bonchev–Trinajstić information content (AvgIpc) is 2.11. The number of nitriles is 1. The second-order valence-electron chi connectivity index (χ2n) is 4.60. The standard InChI is InChI=1S/C13H17N/c1-10-5-6-11(2)12(7-10)8-13(3,4)9-14/h5-7H,8H2,1-4H3. The minimum atomic E-state index is -0.265. The van der Waals surface area contributed by atoms with Gasteiger partial charge in [-0.2, -0.15) is 5.26 Å². The van der Waals surface area contributed by atoms with Crippen LogP contribution in [0.25, 0.3) is 0 Å². The van der Waals surface area contributed by atoms with Crippen LogP contribution in [-0.4, -0.2) is 0 Å². The molecule has 0 saturated heterocycles. The van der Waals surface area contributed by atoms with Gasteiger partial charge in [-0.15, -0.1) is 0 Å². The van der Waals surface area contributed by atoms with Crippen LogP contribution in [0.4, 0.5) is 0 Å². The molecule has 0 saturated carbocycles. The van der Waals surface area contributed by atoms with Gasteiger partial charge in [-0.05, 0) is 45.2 Å². The van der Waals surface area contributed by atoms with Crippen LogP contribution in [0.3, 0.4) is 0 Å². The molecule has 14 heavy (non-hydrogen) atoms. The molecule has 0 amide bonds. The molecular weight excluding hydrogens is 170 g/mol. The third-order valence-corrected chi connectivity index (χ3v) is 2.44. The Morgan fingerprint density at radius 2 is 1.93 bits per heavy atom. The van der Waals surface area contributed by atoms with Crippen molar-refractivity contribution in [2.24, 2.45) is 5.41 Å². The summed E-state index contributed by atoms with van der Waals surface area (Å²) in [6.07, 6.45) is 0.830. The van der Waals surface area contributed by atoms with Gasteiger partial charge in [0.05, 0.1) is 11.5 Å². The summed E-state index contributed by atoms with van der Waals surface area (Å²) in [5.74, 6) is 0. The summed E-state index contributed by atoms with van der Waals surface area (Å²) < 4.78 is 0. The lowest BCUT2D eigenvalue weighted by Crippen LogP contribution is -2.12. The number of benzene rings is 1. The fourth-order valence-electron chi connectivity index (χ4n) is 1.51. The van der Waals surface area contributed by atoms with E-state index in [2.05, 4.69) is 38.1 Å².